The van der Waals surface area contributed by atoms with E-state index in [4.69, 9.17) is 14.1 Å². The number of aromatic nitrogens is 3. The molecule has 0 aliphatic carbocycles. The van der Waals surface area contributed by atoms with Crippen LogP contribution in [-0.2, 0) is 9.53 Å². The van der Waals surface area contributed by atoms with E-state index in [1.165, 1.54) is 0 Å². The zero-order valence-electron chi connectivity index (χ0n) is 21.8. The number of fused-ring (bicyclic) bond motifs is 1. The van der Waals surface area contributed by atoms with Gasteiger partial charge < -0.3 is 19.4 Å². The van der Waals surface area contributed by atoms with E-state index in [-0.39, 0.29) is 17.9 Å². The maximum absolute atomic E-state index is 13.7. The summed E-state index contributed by atoms with van der Waals surface area (Å²) >= 11 is 0. The van der Waals surface area contributed by atoms with E-state index in [2.05, 4.69) is 15.3 Å². The number of ether oxygens (including phenoxy) is 1. The molecule has 1 fully saturated rings. The Morgan fingerprint density at radius 2 is 1.92 bits per heavy atom. The van der Waals surface area contributed by atoms with Crippen LogP contribution >= 0.6 is 0 Å². The first-order valence-corrected chi connectivity index (χ1v) is 12.5. The van der Waals surface area contributed by atoms with Gasteiger partial charge >= 0.3 is 0 Å². The maximum atomic E-state index is 13.7. The van der Waals surface area contributed by atoms with Crippen LogP contribution in [0.5, 0.6) is 0 Å². The van der Waals surface area contributed by atoms with Gasteiger partial charge in [-0.2, -0.15) is 5.10 Å². The highest BCUT2D eigenvalue weighted by molar-refractivity contribution is 6.06. The Bertz CT molecular complexity index is 1220. The number of carbonyl (C=O) groups excluding carboxylic acids is 2. The molecule has 3 aromatic rings. The quantitative estimate of drug-likeness (QED) is 0.454. The molecular weight excluding hydrogens is 460 g/mol. The summed E-state index contributed by atoms with van der Waals surface area (Å²) in [4.78, 5) is 34.8. The third kappa shape index (κ3) is 5.60. The minimum Gasteiger partial charge on any atom is -0.466 e. The summed E-state index contributed by atoms with van der Waals surface area (Å²) in [6.07, 6.45) is 2.52. The Hall–Kier alpha value is -3.24. The number of amides is 2. The lowest BCUT2D eigenvalue weighted by atomic mass is 10.1. The van der Waals surface area contributed by atoms with Crippen molar-refractivity contribution in [2.45, 2.75) is 40.2 Å². The second-order valence-electron chi connectivity index (χ2n) is 9.57. The molecule has 0 unspecified atom stereocenters. The van der Waals surface area contributed by atoms with Crippen LogP contribution in [0.3, 0.4) is 0 Å². The smallest absolute Gasteiger partial charge is 0.254 e. The number of furan rings is 1. The Kier molecular flexibility index (Phi) is 8.05. The van der Waals surface area contributed by atoms with Gasteiger partial charge in [0.15, 0.2) is 5.65 Å². The summed E-state index contributed by atoms with van der Waals surface area (Å²) in [7, 11) is 1.65. The minimum atomic E-state index is -0.0477. The molecule has 0 bridgehead atoms. The number of hydrogen-bond acceptors (Lipinski definition) is 7. The van der Waals surface area contributed by atoms with Crippen molar-refractivity contribution in [2.75, 3.05) is 53.0 Å². The molecule has 2 amide bonds. The number of piperazine rings is 1. The zero-order valence-corrected chi connectivity index (χ0v) is 21.8. The molecule has 1 saturated heterocycles. The van der Waals surface area contributed by atoms with Crippen molar-refractivity contribution in [3.8, 4) is 11.3 Å². The van der Waals surface area contributed by atoms with E-state index in [9.17, 15) is 9.59 Å². The molecule has 1 aliphatic rings. The first-order chi connectivity index (χ1) is 17.3. The number of pyridine rings is 1. The molecular formula is C26H36N6O4. The number of carbonyl (C=O) groups is 2. The molecule has 194 valence electrons. The molecule has 10 heteroatoms. The van der Waals surface area contributed by atoms with E-state index >= 15 is 0 Å². The SMILES string of the molecule is COCCCNC(=O)CN1CCN(C(=O)c2cc(-c3cc(C)oc3C)nc3c2cnn3C(C)C)CC1. The molecule has 0 atom stereocenters. The van der Waals surface area contributed by atoms with Crippen LogP contribution in [0.15, 0.2) is 22.7 Å². The minimum absolute atomic E-state index is 0.00163. The molecule has 0 radical (unpaired) electrons. The summed E-state index contributed by atoms with van der Waals surface area (Å²) in [5.74, 6) is 1.52. The first kappa shape index (κ1) is 25.8. The molecule has 0 spiro atoms. The summed E-state index contributed by atoms with van der Waals surface area (Å²) in [5.41, 5.74) is 2.85. The molecule has 3 aromatic heterocycles. The van der Waals surface area contributed by atoms with Gasteiger partial charge in [0.25, 0.3) is 5.91 Å². The summed E-state index contributed by atoms with van der Waals surface area (Å²) in [6.45, 7) is 11.8. The van der Waals surface area contributed by atoms with Crippen molar-refractivity contribution in [1.82, 2.24) is 29.9 Å². The van der Waals surface area contributed by atoms with Crippen molar-refractivity contribution >= 4 is 22.8 Å². The summed E-state index contributed by atoms with van der Waals surface area (Å²) in [6, 6.07) is 3.91. The lowest BCUT2D eigenvalue weighted by Gasteiger charge is -2.34. The van der Waals surface area contributed by atoms with Crippen LogP contribution in [-0.4, -0.2) is 89.4 Å². The number of nitrogens with zero attached hydrogens (tertiary/aromatic N) is 5. The van der Waals surface area contributed by atoms with Gasteiger partial charge in [-0.25, -0.2) is 9.67 Å². The average molecular weight is 497 g/mol. The standard InChI is InChI=1S/C26H36N6O4/c1-17(2)32-25-22(15-28-32)21(14-23(29-25)20-13-18(3)36-19(20)4)26(34)31-10-8-30(9-11-31)16-24(33)27-7-6-12-35-5/h13-15,17H,6-12,16H2,1-5H3,(H,27,33). The van der Waals surface area contributed by atoms with Crippen LogP contribution in [0.2, 0.25) is 0 Å². The third-order valence-corrected chi connectivity index (χ3v) is 6.48. The summed E-state index contributed by atoms with van der Waals surface area (Å²) in [5, 5.41) is 8.19. The number of aryl methyl sites for hydroxylation is 2. The third-order valence-electron chi connectivity index (χ3n) is 6.48. The van der Waals surface area contributed by atoms with Gasteiger partial charge in [0.1, 0.15) is 11.5 Å². The van der Waals surface area contributed by atoms with E-state index < -0.39 is 0 Å². The molecule has 10 nitrogen and oxygen atoms in total. The van der Waals surface area contributed by atoms with Crippen molar-refractivity contribution in [2.24, 2.45) is 0 Å². The first-order valence-electron chi connectivity index (χ1n) is 12.5. The van der Waals surface area contributed by atoms with Crippen molar-refractivity contribution < 1.29 is 18.7 Å². The van der Waals surface area contributed by atoms with Gasteiger partial charge in [0, 0.05) is 58.0 Å². The fraction of sp³-hybridized carbons (Fsp3) is 0.538. The van der Waals surface area contributed by atoms with Crippen LogP contribution < -0.4 is 5.32 Å². The second kappa shape index (κ2) is 11.2. The predicted molar refractivity (Wildman–Crippen MR) is 137 cm³/mol. The molecule has 1 aliphatic heterocycles. The van der Waals surface area contributed by atoms with Crippen LogP contribution in [0.4, 0.5) is 0 Å². The normalized spacial score (nSPS) is 14.7. The highest BCUT2D eigenvalue weighted by atomic mass is 16.5. The molecule has 4 rings (SSSR count). The molecule has 36 heavy (non-hydrogen) atoms. The highest BCUT2D eigenvalue weighted by Gasteiger charge is 2.27. The number of methoxy groups -OCH3 is 1. The van der Waals surface area contributed by atoms with Crippen molar-refractivity contribution in [3.05, 3.63) is 35.4 Å². The van der Waals surface area contributed by atoms with Gasteiger partial charge in [-0.1, -0.05) is 0 Å². The topological polar surface area (TPSA) is 106 Å². The van der Waals surface area contributed by atoms with Crippen LogP contribution in [0, 0.1) is 13.8 Å². The zero-order chi connectivity index (χ0) is 25.8. The Labute approximate surface area is 211 Å². The molecule has 0 saturated carbocycles. The lowest BCUT2D eigenvalue weighted by Crippen LogP contribution is -2.51. The fourth-order valence-electron chi connectivity index (χ4n) is 4.58. The van der Waals surface area contributed by atoms with Crippen LogP contribution in [0.1, 0.15) is 48.2 Å². The van der Waals surface area contributed by atoms with E-state index in [1.54, 1.807) is 13.3 Å². The monoisotopic (exact) mass is 496 g/mol. The fourth-order valence-corrected chi connectivity index (χ4v) is 4.58. The number of rotatable bonds is 9. The molecule has 4 heterocycles. The highest BCUT2D eigenvalue weighted by Crippen LogP contribution is 2.30. The Morgan fingerprint density at radius 3 is 2.56 bits per heavy atom. The Balaban J connectivity index is 1.51. The predicted octanol–water partition coefficient (Wildman–Crippen LogP) is 2.80. The van der Waals surface area contributed by atoms with Crippen molar-refractivity contribution in [3.63, 3.8) is 0 Å². The lowest BCUT2D eigenvalue weighted by molar-refractivity contribution is -0.122. The summed E-state index contributed by atoms with van der Waals surface area (Å²) < 4.78 is 12.6. The van der Waals surface area contributed by atoms with Crippen molar-refractivity contribution in [1.29, 1.82) is 0 Å². The molecule has 0 aromatic carbocycles. The van der Waals surface area contributed by atoms with E-state index in [1.807, 2.05) is 49.4 Å². The largest absolute Gasteiger partial charge is 0.466 e. The van der Waals surface area contributed by atoms with Gasteiger partial charge in [0.05, 0.1) is 29.4 Å². The number of hydrogen-bond donors (Lipinski definition) is 1. The van der Waals surface area contributed by atoms with Crippen LogP contribution in [0.25, 0.3) is 22.3 Å². The Morgan fingerprint density at radius 1 is 1.17 bits per heavy atom. The number of nitrogens with one attached hydrogen (secondary N) is 1. The van der Waals surface area contributed by atoms with Gasteiger partial charge in [-0.3, -0.25) is 14.5 Å². The van der Waals surface area contributed by atoms with E-state index in [0.717, 1.165) is 28.9 Å². The van der Waals surface area contributed by atoms with Gasteiger partial charge in [0.2, 0.25) is 5.91 Å². The maximum Gasteiger partial charge on any atom is 0.254 e. The van der Waals surface area contributed by atoms with Gasteiger partial charge in [-0.05, 0) is 46.2 Å². The molecule has 1 N–H and O–H groups in total. The second-order valence-corrected chi connectivity index (χ2v) is 9.57. The average Bonchev–Trinajstić information content (AvgIpc) is 3.43. The van der Waals surface area contributed by atoms with Gasteiger partial charge in [-0.15, -0.1) is 0 Å². The van der Waals surface area contributed by atoms with E-state index in [0.29, 0.717) is 62.8 Å².